The van der Waals surface area contributed by atoms with Crippen LogP contribution >= 0.6 is 0 Å². The van der Waals surface area contributed by atoms with E-state index in [1.165, 1.54) is 58.3 Å². The quantitative estimate of drug-likeness (QED) is 0.756. The molecule has 0 radical (unpaired) electrons. The van der Waals surface area contributed by atoms with E-state index in [1.807, 2.05) is 6.33 Å². The van der Waals surface area contributed by atoms with Crippen LogP contribution in [0.15, 0.2) is 12.7 Å². The van der Waals surface area contributed by atoms with Gasteiger partial charge in [-0.05, 0) is 19.9 Å². The molecule has 5 nitrogen and oxygen atoms in total. The third-order valence-electron chi connectivity index (χ3n) is 4.73. The molecule has 2 heterocycles. The van der Waals surface area contributed by atoms with E-state index in [0.29, 0.717) is 12.1 Å². The molecule has 1 aromatic heterocycles. The van der Waals surface area contributed by atoms with Gasteiger partial charge in [-0.15, -0.1) is 0 Å². The number of hydrogen-bond acceptors (Lipinski definition) is 4. The van der Waals surface area contributed by atoms with Crippen LogP contribution in [0.25, 0.3) is 0 Å². The molecule has 106 valence electrons. The van der Waals surface area contributed by atoms with Crippen molar-refractivity contribution in [3.8, 4) is 0 Å². The summed E-state index contributed by atoms with van der Waals surface area (Å²) in [5, 5.41) is 4.41. The summed E-state index contributed by atoms with van der Waals surface area (Å²) < 4.78 is 2.11. The fourth-order valence-electron chi connectivity index (χ4n) is 3.55. The van der Waals surface area contributed by atoms with E-state index in [1.54, 1.807) is 6.33 Å². The number of rotatable bonds is 2. The van der Waals surface area contributed by atoms with Crippen molar-refractivity contribution in [3.63, 3.8) is 0 Å². The first kappa shape index (κ1) is 13.1. The Morgan fingerprint density at radius 1 is 0.947 bits per heavy atom. The first-order valence-corrected chi connectivity index (χ1v) is 7.61. The molecular weight excluding hydrogens is 238 g/mol. The maximum absolute atomic E-state index is 4.41. The van der Waals surface area contributed by atoms with Crippen molar-refractivity contribution in [1.29, 1.82) is 0 Å². The van der Waals surface area contributed by atoms with Gasteiger partial charge in [0.15, 0.2) is 0 Å². The fraction of sp³-hybridized carbons (Fsp3) is 0.857. The highest BCUT2D eigenvalue weighted by Gasteiger charge is 2.31. The maximum Gasteiger partial charge on any atom is 0.137 e. The fourth-order valence-corrected chi connectivity index (χ4v) is 3.55. The van der Waals surface area contributed by atoms with Crippen molar-refractivity contribution in [2.24, 2.45) is 0 Å². The maximum atomic E-state index is 4.41. The Morgan fingerprint density at radius 2 is 1.68 bits per heavy atom. The Balaban J connectivity index is 1.75. The molecular formula is C14H25N5. The van der Waals surface area contributed by atoms with E-state index in [-0.39, 0.29) is 0 Å². The SMILES string of the molecule is CN1CCN(C2CCCCCC2n2cncn2)CC1. The van der Waals surface area contributed by atoms with Crippen molar-refractivity contribution in [3.05, 3.63) is 12.7 Å². The minimum absolute atomic E-state index is 0.522. The average Bonchev–Trinajstić information content (AvgIpc) is 2.85. The van der Waals surface area contributed by atoms with Crippen LogP contribution in [0.5, 0.6) is 0 Å². The van der Waals surface area contributed by atoms with E-state index in [2.05, 4.69) is 31.6 Å². The molecule has 3 rings (SSSR count). The van der Waals surface area contributed by atoms with Gasteiger partial charge in [-0.2, -0.15) is 5.10 Å². The summed E-state index contributed by atoms with van der Waals surface area (Å²) in [6.45, 7) is 4.79. The Hall–Kier alpha value is -0.940. The zero-order valence-corrected chi connectivity index (χ0v) is 11.9. The molecule has 0 aromatic carbocycles. The highest BCUT2D eigenvalue weighted by molar-refractivity contribution is 4.88. The van der Waals surface area contributed by atoms with Gasteiger partial charge in [0.2, 0.25) is 0 Å². The lowest BCUT2D eigenvalue weighted by Gasteiger charge is -2.40. The predicted octanol–water partition coefficient (Wildman–Crippen LogP) is 1.40. The van der Waals surface area contributed by atoms with Crippen molar-refractivity contribution >= 4 is 0 Å². The largest absolute Gasteiger partial charge is 0.304 e. The Labute approximate surface area is 115 Å². The van der Waals surface area contributed by atoms with Gasteiger partial charge in [0.25, 0.3) is 0 Å². The van der Waals surface area contributed by atoms with Gasteiger partial charge < -0.3 is 4.90 Å². The van der Waals surface area contributed by atoms with Gasteiger partial charge in [0.05, 0.1) is 6.04 Å². The van der Waals surface area contributed by atoms with Crippen LogP contribution < -0.4 is 0 Å². The summed E-state index contributed by atoms with van der Waals surface area (Å²) in [6.07, 6.45) is 10.2. The second-order valence-electron chi connectivity index (χ2n) is 5.99. The second-order valence-corrected chi connectivity index (χ2v) is 5.99. The zero-order valence-electron chi connectivity index (χ0n) is 11.9. The molecule has 0 spiro atoms. The molecule has 2 aliphatic rings. The minimum Gasteiger partial charge on any atom is -0.304 e. The van der Waals surface area contributed by atoms with Gasteiger partial charge in [-0.1, -0.05) is 19.3 Å². The normalized spacial score (nSPS) is 31.2. The summed E-state index contributed by atoms with van der Waals surface area (Å²) in [6, 6.07) is 1.17. The minimum atomic E-state index is 0.522. The van der Waals surface area contributed by atoms with Crippen molar-refractivity contribution in [2.45, 2.75) is 44.2 Å². The Morgan fingerprint density at radius 3 is 2.37 bits per heavy atom. The van der Waals surface area contributed by atoms with E-state index >= 15 is 0 Å². The van der Waals surface area contributed by atoms with E-state index in [9.17, 15) is 0 Å². The summed E-state index contributed by atoms with van der Waals surface area (Å²) in [5.74, 6) is 0. The molecule has 0 N–H and O–H groups in total. The van der Waals surface area contributed by atoms with Crippen molar-refractivity contribution in [1.82, 2.24) is 24.6 Å². The molecule has 1 aromatic rings. The van der Waals surface area contributed by atoms with Gasteiger partial charge in [0, 0.05) is 32.2 Å². The highest BCUT2D eigenvalue weighted by Crippen LogP contribution is 2.31. The molecule has 0 bridgehead atoms. The molecule has 1 aliphatic carbocycles. The van der Waals surface area contributed by atoms with Crippen LogP contribution in [0.1, 0.15) is 38.1 Å². The summed E-state index contributed by atoms with van der Waals surface area (Å²) in [5.41, 5.74) is 0. The van der Waals surface area contributed by atoms with Gasteiger partial charge in [-0.25, -0.2) is 9.67 Å². The standard InChI is InChI=1S/C14H25N5/c1-17-7-9-18(10-8-17)13-5-3-2-4-6-14(13)19-12-15-11-16-19/h11-14H,2-10H2,1H3. The van der Waals surface area contributed by atoms with E-state index in [0.717, 1.165) is 0 Å². The molecule has 1 aliphatic heterocycles. The van der Waals surface area contributed by atoms with Crippen LogP contribution in [0.4, 0.5) is 0 Å². The summed E-state index contributed by atoms with van der Waals surface area (Å²) in [4.78, 5) is 9.27. The second kappa shape index (κ2) is 6.01. The smallest absolute Gasteiger partial charge is 0.137 e. The lowest BCUT2D eigenvalue weighted by molar-refractivity contribution is 0.0751. The van der Waals surface area contributed by atoms with Crippen LogP contribution in [0.2, 0.25) is 0 Å². The van der Waals surface area contributed by atoms with E-state index < -0.39 is 0 Å². The molecule has 2 atom stereocenters. The third kappa shape index (κ3) is 2.98. The first-order valence-electron chi connectivity index (χ1n) is 7.61. The monoisotopic (exact) mass is 263 g/mol. The molecule has 2 unspecified atom stereocenters. The molecule has 19 heavy (non-hydrogen) atoms. The van der Waals surface area contributed by atoms with Crippen molar-refractivity contribution < 1.29 is 0 Å². The molecule has 2 fully saturated rings. The topological polar surface area (TPSA) is 37.2 Å². The van der Waals surface area contributed by atoms with Crippen molar-refractivity contribution in [2.75, 3.05) is 33.2 Å². The van der Waals surface area contributed by atoms with Crippen LogP contribution in [0, 0.1) is 0 Å². The summed E-state index contributed by atoms with van der Waals surface area (Å²) in [7, 11) is 2.22. The van der Waals surface area contributed by atoms with Crippen LogP contribution in [0.3, 0.4) is 0 Å². The number of likely N-dealkylation sites (N-methyl/N-ethyl adjacent to an activating group) is 1. The molecule has 5 heteroatoms. The number of hydrogen-bond donors (Lipinski definition) is 0. The lowest BCUT2D eigenvalue weighted by atomic mass is 10.0. The summed E-state index contributed by atoms with van der Waals surface area (Å²) >= 11 is 0. The lowest BCUT2D eigenvalue weighted by Crippen LogP contribution is -2.51. The van der Waals surface area contributed by atoms with Gasteiger partial charge in [0.1, 0.15) is 12.7 Å². The molecule has 1 saturated heterocycles. The molecule has 0 amide bonds. The number of nitrogens with zero attached hydrogens (tertiary/aromatic N) is 5. The average molecular weight is 263 g/mol. The van der Waals surface area contributed by atoms with Gasteiger partial charge >= 0.3 is 0 Å². The van der Waals surface area contributed by atoms with E-state index in [4.69, 9.17) is 0 Å². The number of aromatic nitrogens is 3. The molecule has 1 saturated carbocycles. The predicted molar refractivity (Wildman–Crippen MR) is 75.0 cm³/mol. The Bertz CT molecular complexity index is 369. The highest BCUT2D eigenvalue weighted by atomic mass is 15.4. The van der Waals surface area contributed by atoms with Gasteiger partial charge in [-0.3, -0.25) is 4.90 Å². The third-order valence-corrected chi connectivity index (χ3v) is 4.73. The van der Waals surface area contributed by atoms with Crippen LogP contribution in [-0.2, 0) is 0 Å². The Kier molecular flexibility index (Phi) is 4.13. The zero-order chi connectivity index (χ0) is 13.1. The number of piperazine rings is 1. The first-order chi connectivity index (χ1) is 9.34. The van der Waals surface area contributed by atoms with Crippen LogP contribution in [-0.4, -0.2) is 63.8 Å².